The van der Waals surface area contributed by atoms with Gasteiger partial charge in [0.15, 0.2) is 11.0 Å². The first kappa shape index (κ1) is 16.4. The van der Waals surface area contributed by atoms with E-state index < -0.39 is 0 Å². The number of hydrogen-bond acceptors (Lipinski definition) is 4. The average molecular weight is 350 g/mol. The average Bonchev–Trinajstić information content (AvgIpc) is 3.32. The highest BCUT2D eigenvalue weighted by atomic mass is 32.2. The largest absolute Gasteiger partial charge is 0.307 e. The molecule has 4 rings (SSSR count). The lowest BCUT2D eigenvalue weighted by Gasteiger charge is -2.14. The van der Waals surface area contributed by atoms with Crippen molar-refractivity contribution in [2.75, 3.05) is 6.54 Å². The number of nitrogens with one attached hydrogen (secondary N) is 1. The molecule has 1 fully saturated rings. The Morgan fingerprint density at radius 1 is 0.960 bits per heavy atom. The molecular formula is C20H22N4S. The highest BCUT2D eigenvalue weighted by Gasteiger charge is 2.24. The fraction of sp³-hybridized carbons (Fsp3) is 0.300. The van der Waals surface area contributed by atoms with Crippen molar-refractivity contribution in [3.05, 3.63) is 77.6 Å². The van der Waals surface area contributed by atoms with Gasteiger partial charge in [-0.1, -0.05) is 72.4 Å². The summed E-state index contributed by atoms with van der Waals surface area (Å²) in [4.78, 5) is 0. The third-order valence-corrected chi connectivity index (χ3v) is 5.55. The van der Waals surface area contributed by atoms with Crippen molar-refractivity contribution in [3.63, 3.8) is 0 Å². The summed E-state index contributed by atoms with van der Waals surface area (Å²) in [5, 5.41) is 13.6. The maximum absolute atomic E-state index is 4.54. The SMILES string of the molecule is c1ccc(CSc2nnc(C3CCCN3)n2Cc2ccccc2)cc1. The van der Waals surface area contributed by atoms with Crippen molar-refractivity contribution in [3.8, 4) is 0 Å². The molecule has 1 unspecified atom stereocenters. The van der Waals surface area contributed by atoms with Crippen LogP contribution >= 0.6 is 11.8 Å². The molecule has 128 valence electrons. The molecule has 0 radical (unpaired) electrons. The first-order valence-corrected chi connectivity index (χ1v) is 9.76. The van der Waals surface area contributed by atoms with E-state index in [9.17, 15) is 0 Å². The van der Waals surface area contributed by atoms with Crippen LogP contribution in [-0.2, 0) is 12.3 Å². The molecule has 1 N–H and O–H groups in total. The van der Waals surface area contributed by atoms with E-state index in [0.717, 1.165) is 36.2 Å². The molecule has 0 spiro atoms. The molecule has 0 bridgehead atoms. The molecule has 5 heteroatoms. The van der Waals surface area contributed by atoms with Gasteiger partial charge in [0.25, 0.3) is 0 Å². The summed E-state index contributed by atoms with van der Waals surface area (Å²) >= 11 is 1.76. The van der Waals surface area contributed by atoms with Gasteiger partial charge in [-0.3, -0.25) is 0 Å². The first-order valence-electron chi connectivity index (χ1n) is 8.77. The topological polar surface area (TPSA) is 42.7 Å². The van der Waals surface area contributed by atoms with Gasteiger partial charge in [0.1, 0.15) is 0 Å². The number of hydrogen-bond donors (Lipinski definition) is 1. The van der Waals surface area contributed by atoms with Crippen molar-refractivity contribution in [2.24, 2.45) is 0 Å². The standard InChI is InChI=1S/C20H22N4S/c1-3-8-16(9-4-1)14-24-19(18-12-7-13-21-18)22-23-20(24)25-15-17-10-5-2-6-11-17/h1-6,8-11,18,21H,7,12-15H2. The smallest absolute Gasteiger partial charge is 0.191 e. The minimum atomic E-state index is 0.322. The Hall–Kier alpha value is -2.11. The molecule has 0 amide bonds. The zero-order valence-electron chi connectivity index (χ0n) is 14.1. The molecule has 1 saturated heterocycles. The minimum absolute atomic E-state index is 0.322. The van der Waals surface area contributed by atoms with Crippen LogP contribution < -0.4 is 5.32 Å². The Labute approximate surface area is 152 Å². The van der Waals surface area contributed by atoms with Crippen LogP contribution in [0, 0.1) is 0 Å². The Bertz CT molecular complexity index is 795. The molecule has 0 saturated carbocycles. The molecule has 3 aromatic rings. The van der Waals surface area contributed by atoms with E-state index in [2.05, 4.69) is 80.7 Å². The van der Waals surface area contributed by atoms with Gasteiger partial charge in [0.05, 0.1) is 12.6 Å². The van der Waals surface area contributed by atoms with Crippen LogP contribution in [0.15, 0.2) is 65.8 Å². The molecule has 2 heterocycles. The van der Waals surface area contributed by atoms with Gasteiger partial charge in [0.2, 0.25) is 0 Å². The molecule has 1 atom stereocenters. The number of aromatic nitrogens is 3. The van der Waals surface area contributed by atoms with E-state index in [0.29, 0.717) is 6.04 Å². The van der Waals surface area contributed by atoms with Gasteiger partial charge >= 0.3 is 0 Å². The summed E-state index contributed by atoms with van der Waals surface area (Å²) in [5.41, 5.74) is 2.59. The second kappa shape index (κ2) is 7.85. The Kier molecular flexibility index (Phi) is 5.14. The van der Waals surface area contributed by atoms with Crippen LogP contribution in [0.4, 0.5) is 0 Å². The van der Waals surface area contributed by atoms with Crippen molar-refractivity contribution in [1.29, 1.82) is 0 Å². The Morgan fingerprint density at radius 2 is 1.68 bits per heavy atom. The van der Waals surface area contributed by atoms with Crippen LogP contribution in [0.1, 0.15) is 35.8 Å². The number of rotatable bonds is 6. The molecule has 0 aliphatic carbocycles. The normalized spacial score (nSPS) is 17.0. The summed E-state index contributed by atoms with van der Waals surface area (Å²) in [6.07, 6.45) is 2.34. The second-order valence-electron chi connectivity index (χ2n) is 6.34. The lowest BCUT2D eigenvalue weighted by Crippen LogP contribution is -2.19. The van der Waals surface area contributed by atoms with Gasteiger partial charge in [-0.15, -0.1) is 10.2 Å². The van der Waals surface area contributed by atoms with Crippen molar-refractivity contribution >= 4 is 11.8 Å². The highest BCUT2D eigenvalue weighted by molar-refractivity contribution is 7.98. The van der Waals surface area contributed by atoms with Gasteiger partial charge < -0.3 is 9.88 Å². The van der Waals surface area contributed by atoms with Gasteiger partial charge in [-0.2, -0.15) is 0 Å². The zero-order chi connectivity index (χ0) is 16.9. The molecule has 2 aromatic carbocycles. The van der Waals surface area contributed by atoms with E-state index in [1.54, 1.807) is 11.8 Å². The molecular weight excluding hydrogens is 328 g/mol. The third-order valence-electron chi connectivity index (χ3n) is 4.51. The summed E-state index contributed by atoms with van der Waals surface area (Å²) in [6, 6.07) is 21.4. The molecule has 1 aliphatic rings. The quantitative estimate of drug-likeness (QED) is 0.681. The maximum atomic E-state index is 4.54. The first-order chi connectivity index (χ1) is 12.4. The highest BCUT2D eigenvalue weighted by Crippen LogP contribution is 2.28. The van der Waals surface area contributed by atoms with Crippen molar-refractivity contribution < 1.29 is 0 Å². The van der Waals surface area contributed by atoms with E-state index in [1.807, 2.05) is 0 Å². The van der Waals surface area contributed by atoms with Crippen LogP contribution in [0.25, 0.3) is 0 Å². The zero-order valence-corrected chi connectivity index (χ0v) is 15.0. The summed E-state index contributed by atoms with van der Waals surface area (Å²) < 4.78 is 2.28. The van der Waals surface area contributed by atoms with Crippen LogP contribution in [0.2, 0.25) is 0 Å². The van der Waals surface area contributed by atoms with E-state index in [4.69, 9.17) is 0 Å². The summed E-state index contributed by atoms with van der Waals surface area (Å²) in [5.74, 6) is 1.98. The predicted octanol–water partition coefficient (Wildman–Crippen LogP) is 4.04. The van der Waals surface area contributed by atoms with Crippen LogP contribution in [-0.4, -0.2) is 21.3 Å². The Morgan fingerprint density at radius 3 is 2.36 bits per heavy atom. The van der Waals surface area contributed by atoms with Gasteiger partial charge in [0, 0.05) is 5.75 Å². The van der Waals surface area contributed by atoms with E-state index in [-0.39, 0.29) is 0 Å². The molecule has 4 nitrogen and oxygen atoms in total. The van der Waals surface area contributed by atoms with E-state index >= 15 is 0 Å². The molecule has 1 aromatic heterocycles. The fourth-order valence-corrected chi connectivity index (χ4v) is 4.11. The maximum Gasteiger partial charge on any atom is 0.191 e. The number of benzene rings is 2. The van der Waals surface area contributed by atoms with Crippen LogP contribution in [0.5, 0.6) is 0 Å². The Balaban J connectivity index is 1.59. The van der Waals surface area contributed by atoms with Gasteiger partial charge in [-0.05, 0) is 30.5 Å². The fourth-order valence-electron chi connectivity index (χ4n) is 3.21. The summed E-state index contributed by atoms with van der Waals surface area (Å²) in [7, 11) is 0. The third kappa shape index (κ3) is 3.94. The van der Waals surface area contributed by atoms with Crippen LogP contribution in [0.3, 0.4) is 0 Å². The minimum Gasteiger partial charge on any atom is -0.307 e. The monoisotopic (exact) mass is 350 g/mol. The predicted molar refractivity (Wildman–Crippen MR) is 102 cm³/mol. The number of nitrogens with zero attached hydrogens (tertiary/aromatic N) is 3. The lowest BCUT2D eigenvalue weighted by atomic mass is 10.2. The second-order valence-corrected chi connectivity index (χ2v) is 7.28. The van der Waals surface area contributed by atoms with Crippen molar-refractivity contribution in [2.45, 2.75) is 36.3 Å². The molecule has 25 heavy (non-hydrogen) atoms. The number of thioether (sulfide) groups is 1. The van der Waals surface area contributed by atoms with Crippen molar-refractivity contribution in [1.82, 2.24) is 20.1 Å². The molecule has 1 aliphatic heterocycles. The van der Waals surface area contributed by atoms with Gasteiger partial charge in [-0.25, -0.2) is 0 Å². The van der Waals surface area contributed by atoms with E-state index in [1.165, 1.54) is 17.5 Å². The lowest BCUT2D eigenvalue weighted by molar-refractivity contribution is 0.550. The summed E-state index contributed by atoms with van der Waals surface area (Å²) in [6.45, 7) is 1.88.